The molecule has 26 heavy (non-hydrogen) atoms. The summed E-state index contributed by atoms with van der Waals surface area (Å²) in [5.41, 5.74) is 0. The quantitative estimate of drug-likeness (QED) is 0.150. The molecule has 0 bridgehead atoms. The van der Waals surface area contributed by atoms with Crippen LogP contribution in [0.5, 0.6) is 0 Å². The van der Waals surface area contributed by atoms with Crippen LogP contribution in [-0.4, -0.2) is 18.9 Å². The summed E-state index contributed by atoms with van der Waals surface area (Å²) in [6.07, 6.45) is 20.3. The van der Waals surface area contributed by atoms with E-state index in [-0.39, 0.29) is 74.2 Å². The number of hydrogen-bond acceptors (Lipinski definition) is 3. The van der Waals surface area contributed by atoms with Crippen LogP contribution in [0.1, 0.15) is 119 Å². The van der Waals surface area contributed by atoms with E-state index >= 15 is 0 Å². The Bertz CT molecular complexity index is 320. The van der Waals surface area contributed by atoms with E-state index in [1.54, 1.807) is 0 Å². The Hall–Kier alpha value is 1.14. The Balaban J connectivity index is -0.000000441. The number of ketones is 1. The second-order valence-electron chi connectivity index (χ2n) is 6.99. The second-order valence-corrected chi connectivity index (χ2v) is 6.99. The van der Waals surface area contributed by atoms with Gasteiger partial charge in [0.15, 0.2) is 0 Å². The molecule has 0 radical (unpaired) electrons. The third kappa shape index (κ3) is 25.1. The first-order chi connectivity index (χ1) is 11.7. The largest absolute Gasteiger partial charge is 1.00 e. The molecule has 0 heterocycles. The van der Waals surface area contributed by atoms with E-state index in [9.17, 15) is 9.59 Å². The van der Waals surface area contributed by atoms with E-state index in [0.29, 0.717) is 6.42 Å². The van der Waals surface area contributed by atoms with Crippen molar-refractivity contribution in [1.29, 1.82) is 0 Å². The Kier molecular flexibility index (Phi) is 32.0. The molecule has 0 aliphatic carbocycles. The minimum absolute atomic E-state index is 0. The van der Waals surface area contributed by atoms with Crippen molar-refractivity contribution < 1.29 is 76.3 Å². The van der Waals surface area contributed by atoms with Gasteiger partial charge in [0, 0.05) is 6.42 Å². The number of ether oxygens (including phenoxy) is 1. The summed E-state index contributed by atoms with van der Waals surface area (Å²) in [6, 6.07) is 0. The normalized spacial score (nSPS) is 9.92. The van der Waals surface area contributed by atoms with Gasteiger partial charge in [-0.25, -0.2) is 0 Å². The van der Waals surface area contributed by atoms with Gasteiger partial charge in [0.25, 0.3) is 0 Å². The third-order valence-corrected chi connectivity index (χ3v) is 4.63. The van der Waals surface area contributed by atoms with Gasteiger partial charge in [0.1, 0.15) is 12.2 Å². The van der Waals surface area contributed by atoms with E-state index in [4.69, 9.17) is 0 Å². The third-order valence-electron chi connectivity index (χ3n) is 4.63. The van der Waals surface area contributed by atoms with Crippen molar-refractivity contribution in [3.8, 4) is 0 Å². The molecule has 0 rings (SSSR count). The minimum Gasteiger partial charge on any atom is -1.00 e. The molecule has 0 atom stereocenters. The van der Waals surface area contributed by atoms with Gasteiger partial charge in [-0.15, -0.1) is 0 Å². The SMILES string of the molecule is CCCCCCCCCCCCCCCCCC(=O)CC(=O)OC.[H-].[H-].[Na+].[Na+]. The summed E-state index contributed by atoms with van der Waals surface area (Å²) in [5, 5.41) is 0. The smallest absolute Gasteiger partial charge is 1.00 e. The van der Waals surface area contributed by atoms with Crippen molar-refractivity contribution in [2.45, 2.75) is 116 Å². The first-order valence-electron chi connectivity index (χ1n) is 10.3. The van der Waals surface area contributed by atoms with Crippen LogP contribution in [0.15, 0.2) is 0 Å². The van der Waals surface area contributed by atoms with Crippen LogP contribution in [0.2, 0.25) is 0 Å². The minimum atomic E-state index is -0.416. The fourth-order valence-electron chi connectivity index (χ4n) is 3.02. The molecule has 146 valence electrons. The van der Waals surface area contributed by atoms with Gasteiger partial charge < -0.3 is 7.59 Å². The number of hydrogen-bond donors (Lipinski definition) is 0. The van der Waals surface area contributed by atoms with Gasteiger partial charge in [-0.1, -0.05) is 96.8 Å². The molecule has 0 aliphatic heterocycles. The molecular weight excluding hydrogens is 346 g/mol. The van der Waals surface area contributed by atoms with E-state index in [0.717, 1.165) is 12.8 Å². The van der Waals surface area contributed by atoms with Crippen LogP contribution in [0, 0.1) is 0 Å². The summed E-state index contributed by atoms with van der Waals surface area (Å²) in [5.74, 6) is -0.405. The molecule has 0 aromatic carbocycles. The monoisotopic (exact) mass is 388 g/mol. The number of carbonyl (C=O) groups excluding carboxylic acids is 2. The molecule has 0 fully saturated rings. The molecule has 0 aromatic heterocycles. The Morgan fingerprint density at radius 3 is 1.35 bits per heavy atom. The van der Waals surface area contributed by atoms with Crippen LogP contribution < -0.4 is 59.1 Å². The molecule has 0 aromatic rings. The van der Waals surface area contributed by atoms with Crippen LogP contribution >= 0.6 is 0 Å². The Labute approximate surface area is 209 Å². The number of carbonyl (C=O) groups is 2. The molecular formula is C21H42Na2O3. The van der Waals surface area contributed by atoms with Crippen molar-refractivity contribution in [3.05, 3.63) is 0 Å². The van der Waals surface area contributed by atoms with Crippen molar-refractivity contribution in [1.82, 2.24) is 0 Å². The Morgan fingerprint density at radius 1 is 0.654 bits per heavy atom. The van der Waals surface area contributed by atoms with Crippen molar-refractivity contribution >= 4 is 11.8 Å². The molecule has 0 amide bonds. The molecule has 0 saturated carbocycles. The van der Waals surface area contributed by atoms with Gasteiger partial charge in [0.05, 0.1) is 7.11 Å². The number of unbranched alkanes of at least 4 members (excludes halogenated alkanes) is 14. The molecule has 0 N–H and O–H groups in total. The summed E-state index contributed by atoms with van der Waals surface area (Å²) >= 11 is 0. The average Bonchev–Trinajstić information content (AvgIpc) is 2.58. The predicted octanol–water partition coefficient (Wildman–Crippen LogP) is 0.613. The van der Waals surface area contributed by atoms with Crippen molar-refractivity contribution in [2.24, 2.45) is 0 Å². The van der Waals surface area contributed by atoms with E-state index < -0.39 is 5.97 Å². The summed E-state index contributed by atoms with van der Waals surface area (Å²) in [7, 11) is 1.32. The Morgan fingerprint density at radius 2 is 1.00 bits per heavy atom. The zero-order valence-corrected chi connectivity index (χ0v) is 22.2. The molecule has 0 spiro atoms. The maximum atomic E-state index is 11.4. The van der Waals surface area contributed by atoms with E-state index in [2.05, 4.69) is 11.7 Å². The molecule has 5 heteroatoms. The maximum absolute atomic E-state index is 11.4. The van der Waals surface area contributed by atoms with Gasteiger partial charge >= 0.3 is 65.1 Å². The number of methoxy groups -OCH3 is 1. The van der Waals surface area contributed by atoms with Gasteiger partial charge in [0.2, 0.25) is 0 Å². The zero-order chi connectivity index (χ0) is 17.9. The van der Waals surface area contributed by atoms with Gasteiger partial charge in [-0.2, -0.15) is 0 Å². The number of Topliss-reactive ketones (excluding diaryl/α,β-unsaturated/α-hetero) is 1. The number of rotatable bonds is 18. The first-order valence-corrected chi connectivity index (χ1v) is 10.3. The standard InChI is InChI=1S/C21H40O3.2Na.2H/c1-3-4-5-6-7-8-9-10-11-12-13-14-15-16-17-18-20(22)19-21(23)24-2;;;;/h3-19H2,1-2H3;;;;/q;2*+1;2*-1. The second kappa shape index (κ2) is 26.1. The molecule has 3 nitrogen and oxygen atoms in total. The number of esters is 1. The summed E-state index contributed by atoms with van der Waals surface area (Å²) in [4.78, 5) is 22.4. The summed E-state index contributed by atoms with van der Waals surface area (Å²) < 4.78 is 4.49. The zero-order valence-electron chi connectivity index (χ0n) is 20.2. The van der Waals surface area contributed by atoms with Crippen LogP contribution in [0.4, 0.5) is 0 Å². The van der Waals surface area contributed by atoms with Crippen molar-refractivity contribution in [2.75, 3.05) is 7.11 Å². The summed E-state index contributed by atoms with van der Waals surface area (Å²) in [6.45, 7) is 2.27. The molecule has 0 unspecified atom stereocenters. The first kappa shape index (κ1) is 31.8. The van der Waals surface area contributed by atoms with E-state index in [1.165, 1.54) is 90.6 Å². The van der Waals surface area contributed by atoms with Crippen molar-refractivity contribution in [3.63, 3.8) is 0 Å². The maximum Gasteiger partial charge on any atom is 1.00 e. The predicted molar refractivity (Wildman–Crippen MR) is 103 cm³/mol. The molecule has 0 aliphatic rings. The van der Waals surface area contributed by atoms with Gasteiger partial charge in [-0.3, -0.25) is 9.59 Å². The average molecular weight is 389 g/mol. The van der Waals surface area contributed by atoms with E-state index in [1.807, 2.05) is 0 Å². The van der Waals surface area contributed by atoms with Crippen LogP contribution in [0.3, 0.4) is 0 Å². The fraction of sp³-hybridized carbons (Fsp3) is 0.905. The fourth-order valence-corrected chi connectivity index (χ4v) is 3.02. The van der Waals surface area contributed by atoms with Crippen LogP contribution in [0.25, 0.3) is 0 Å². The van der Waals surface area contributed by atoms with Gasteiger partial charge in [-0.05, 0) is 6.42 Å². The molecule has 0 saturated heterocycles. The topological polar surface area (TPSA) is 43.4 Å². The van der Waals surface area contributed by atoms with Crippen LogP contribution in [-0.2, 0) is 14.3 Å².